The molecule has 1 aromatic heterocycles. The molecule has 7 heteroatoms. The lowest BCUT2D eigenvalue weighted by atomic mass is 10.1. The van der Waals surface area contributed by atoms with E-state index in [1.54, 1.807) is 13.0 Å². The van der Waals surface area contributed by atoms with E-state index in [0.29, 0.717) is 10.6 Å². The van der Waals surface area contributed by atoms with Gasteiger partial charge in [0, 0.05) is 11.0 Å². The van der Waals surface area contributed by atoms with Crippen LogP contribution in [0.15, 0.2) is 30.3 Å². The van der Waals surface area contributed by atoms with Gasteiger partial charge in [-0.15, -0.1) is 11.3 Å². The number of anilines is 1. The Morgan fingerprint density at radius 2 is 1.85 bits per heavy atom. The van der Waals surface area contributed by atoms with Gasteiger partial charge in [0.05, 0.1) is 12.7 Å². The summed E-state index contributed by atoms with van der Waals surface area (Å²) >= 11 is 1.27. The van der Waals surface area contributed by atoms with Gasteiger partial charge < -0.3 is 14.8 Å². The molecule has 0 radical (unpaired) electrons. The van der Waals surface area contributed by atoms with Crippen LogP contribution in [0, 0.1) is 20.8 Å². The molecule has 0 bridgehead atoms. The summed E-state index contributed by atoms with van der Waals surface area (Å²) in [6, 6.07) is 7.59. The Morgan fingerprint density at radius 3 is 2.52 bits per heavy atom. The number of rotatable bonds is 6. The first kappa shape index (κ1) is 20.4. The van der Waals surface area contributed by atoms with Gasteiger partial charge in [-0.05, 0) is 43.5 Å². The normalized spacial score (nSPS) is 10.7. The van der Waals surface area contributed by atoms with Gasteiger partial charge in [-0.1, -0.05) is 24.3 Å². The minimum atomic E-state index is -0.625. The SMILES string of the molecule is COC(=O)c1c(NC(=O)COC(=O)/C=C/c2ccccc2C)sc(C)c1C. The maximum absolute atomic E-state index is 12.1. The van der Waals surface area contributed by atoms with Crippen molar-refractivity contribution in [1.29, 1.82) is 0 Å². The third-order valence-electron chi connectivity index (χ3n) is 3.96. The highest BCUT2D eigenvalue weighted by Crippen LogP contribution is 2.32. The third-order valence-corrected chi connectivity index (χ3v) is 5.08. The highest BCUT2D eigenvalue weighted by molar-refractivity contribution is 7.16. The van der Waals surface area contributed by atoms with E-state index in [1.807, 2.05) is 38.1 Å². The van der Waals surface area contributed by atoms with Crippen molar-refractivity contribution in [3.8, 4) is 0 Å². The highest BCUT2D eigenvalue weighted by Gasteiger charge is 2.21. The fourth-order valence-corrected chi connectivity index (χ4v) is 3.41. The van der Waals surface area contributed by atoms with E-state index in [-0.39, 0.29) is 0 Å². The second-order valence-electron chi connectivity index (χ2n) is 5.82. The fourth-order valence-electron chi connectivity index (χ4n) is 2.34. The van der Waals surface area contributed by atoms with Crippen LogP contribution in [-0.4, -0.2) is 31.6 Å². The molecule has 2 rings (SSSR count). The van der Waals surface area contributed by atoms with Gasteiger partial charge >= 0.3 is 11.9 Å². The van der Waals surface area contributed by atoms with Gasteiger partial charge in [-0.25, -0.2) is 9.59 Å². The Bertz CT molecular complexity index is 898. The van der Waals surface area contributed by atoms with Crippen molar-refractivity contribution in [1.82, 2.24) is 0 Å². The molecule has 6 nitrogen and oxygen atoms in total. The molecule has 0 saturated heterocycles. The zero-order valence-electron chi connectivity index (χ0n) is 15.6. The standard InChI is InChI=1S/C20H21NO5S/c1-12-7-5-6-8-15(12)9-10-17(23)26-11-16(22)21-19-18(20(24)25-4)13(2)14(3)27-19/h5-10H,11H2,1-4H3,(H,21,22)/b10-9+. The summed E-state index contributed by atoms with van der Waals surface area (Å²) in [4.78, 5) is 36.7. The molecule has 0 atom stereocenters. The maximum atomic E-state index is 12.1. The highest BCUT2D eigenvalue weighted by atomic mass is 32.1. The number of aryl methyl sites for hydroxylation is 2. The van der Waals surface area contributed by atoms with Crippen LogP contribution in [0.5, 0.6) is 0 Å². The van der Waals surface area contributed by atoms with E-state index in [1.165, 1.54) is 24.5 Å². The molecule has 0 aliphatic carbocycles. The first-order valence-electron chi connectivity index (χ1n) is 8.22. The number of hydrogen-bond acceptors (Lipinski definition) is 6. The molecule has 0 aliphatic rings. The van der Waals surface area contributed by atoms with Crippen molar-refractivity contribution in [3.05, 3.63) is 57.5 Å². The topological polar surface area (TPSA) is 81.7 Å². The number of carbonyl (C=O) groups is 3. The number of benzene rings is 1. The van der Waals surface area contributed by atoms with Crippen LogP contribution in [0.1, 0.15) is 31.9 Å². The van der Waals surface area contributed by atoms with Crippen molar-refractivity contribution in [2.75, 3.05) is 19.0 Å². The van der Waals surface area contributed by atoms with Crippen molar-refractivity contribution >= 4 is 40.3 Å². The van der Waals surface area contributed by atoms with Crippen LogP contribution in [0.4, 0.5) is 5.00 Å². The number of methoxy groups -OCH3 is 1. The molecule has 0 aliphatic heterocycles. The minimum absolute atomic E-state index is 0.319. The van der Waals surface area contributed by atoms with Gasteiger partial charge in [-0.2, -0.15) is 0 Å². The van der Waals surface area contributed by atoms with Gasteiger partial charge in [0.2, 0.25) is 0 Å². The second kappa shape index (κ2) is 9.14. The molecule has 0 unspecified atom stereocenters. The van der Waals surface area contributed by atoms with Crippen LogP contribution in [0.3, 0.4) is 0 Å². The Hall–Kier alpha value is -2.93. The van der Waals surface area contributed by atoms with Gasteiger partial charge in [-0.3, -0.25) is 4.79 Å². The van der Waals surface area contributed by atoms with Crippen molar-refractivity contribution < 1.29 is 23.9 Å². The number of amides is 1. The summed E-state index contributed by atoms with van der Waals surface area (Å²) in [5, 5.41) is 2.99. The number of esters is 2. The molecule has 0 spiro atoms. The average Bonchev–Trinajstić information content (AvgIpc) is 2.92. The van der Waals surface area contributed by atoms with E-state index >= 15 is 0 Å². The zero-order valence-corrected chi connectivity index (χ0v) is 16.4. The minimum Gasteiger partial charge on any atom is -0.465 e. The Balaban J connectivity index is 1.95. The monoisotopic (exact) mass is 387 g/mol. The predicted molar refractivity (Wildman–Crippen MR) is 105 cm³/mol. The summed E-state index contributed by atoms with van der Waals surface area (Å²) in [7, 11) is 1.28. The largest absolute Gasteiger partial charge is 0.465 e. The maximum Gasteiger partial charge on any atom is 0.341 e. The molecule has 1 heterocycles. The van der Waals surface area contributed by atoms with Gasteiger partial charge in [0.15, 0.2) is 6.61 Å². The summed E-state index contributed by atoms with van der Waals surface area (Å²) in [6.07, 6.45) is 2.91. The van der Waals surface area contributed by atoms with Crippen molar-refractivity contribution in [2.24, 2.45) is 0 Å². The molecule has 1 amide bonds. The van der Waals surface area contributed by atoms with Crippen molar-refractivity contribution in [3.63, 3.8) is 0 Å². The molecule has 0 saturated carbocycles. The predicted octanol–water partition coefficient (Wildman–Crippen LogP) is 3.66. The molecular weight excluding hydrogens is 366 g/mol. The first-order chi connectivity index (χ1) is 12.8. The van der Waals surface area contributed by atoms with Gasteiger partial charge in [0.25, 0.3) is 5.91 Å². The summed E-state index contributed by atoms with van der Waals surface area (Å²) in [5.74, 6) is -1.68. The number of carbonyl (C=O) groups excluding carboxylic acids is 3. The smallest absolute Gasteiger partial charge is 0.341 e. The second-order valence-corrected chi connectivity index (χ2v) is 7.05. The average molecular weight is 387 g/mol. The molecule has 0 fully saturated rings. The van der Waals surface area contributed by atoms with Gasteiger partial charge in [0.1, 0.15) is 5.00 Å². The molecular formula is C20H21NO5S. The van der Waals surface area contributed by atoms with Crippen LogP contribution >= 0.6 is 11.3 Å². The molecule has 142 valence electrons. The van der Waals surface area contributed by atoms with E-state index in [9.17, 15) is 14.4 Å². The zero-order chi connectivity index (χ0) is 20.0. The summed E-state index contributed by atoms with van der Waals surface area (Å²) in [6.45, 7) is 5.11. The molecule has 2 aromatic rings. The van der Waals surface area contributed by atoms with Crippen LogP contribution in [0.25, 0.3) is 6.08 Å². The Labute approximate surface area is 161 Å². The number of hydrogen-bond donors (Lipinski definition) is 1. The third kappa shape index (κ3) is 5.27. The van der Waals surface area contributed by atoms with E-state index in [0.717, 1.165) is 21.6 Å². The van der Waals surface area contributed by atoms with Crippen LogP contribution < -0.4 is 5.32 Å². The number of thiophene rings is 1. The first-order valence-corrected chi connectivity index (χ1v) is 9.03. The summed E-state index contributed by atoms with van der Waals surface area (Å²) < 4.78 is 9.71. The lowest BCUT2D eigenvalue weighted by Crippen LogP contribution is -2.21. The molecule has 1 N–H and O–H groups in total. The van der Waals surface area contributed by atoms with Crippen LogP contribution in [-0.2, 0) is 19.1 Å². The number of nitrogens with one attached hydrogen (secondary N) is 1. The van der Waals surface area contributed by atoms with E-state index in [4.69, 9.17) is 9.47 Å². The lowest BCUT2D eigenvalue weighted by molar-refractivity contribution is -0.142. The summed E-state index contributed by atoms with van der Waals surface area (Å²) in [5.41, 5.74) is 2.99. The van der Waals surface area contributed by atoms with Crippen LogP contribution in [0.2, 0.25) is 0 Å². The van der Waals surface area contributed by atoms with E-state index < -0.39 is 24.5 Å². The fraction of sp³-hybridized carbons (Fsp3) is 0.250. The molecule has 27 heavy (non-hydrogen) atoms. The quantitative estimate of drug-likeness (QED) is 0.604. The molecule has 1 aromatic carbocycles. The lowest BCUT2D eigenvalue weighted by Gasteiger charge is -2.06. The Kier molecular flexibility index (Phi) is 6.90. The van der Waals surface area contributed by atoms with E-state index in [2.05, 4.69) is 5.32 Å². The number of ether oxygens (including phenoxy) is 2. The Morgan fingerprint density at radius 1 is 1.15 bits per heavy atom. The van der Waals surface area contributed by atoms with Crippen molar-refractivity contribution in [2.45, 2.75) is 20.8 Å².